The van der Waals surface area contributed by atoms with E-state index >= 15 is 0 Å². The van der Waals surface area contributed by atoms with Crippen LogP contribution >= 0.6 is 11.3 Å². The molecule has 1 amide bonds. The van der Waals surface area contributed by atoms with Gasteiger partial charge in [-0.05, 0) is 43.4 Å². The molecule has 3 rings (SSSR count). The Morgan fingerprint density at radius 3 is 2.86 bits per heavy atom. The first-order valence-electron chi connectivity index (χ1n) is 7.93. The number of nitrogens with one attached hydrogen (secondary N) is 2. The second-order valence-corrected chi connectivity index (χ2v) is 6.60. The first kappa shape index (κ1) is 15.2. The van der Waals surface area contributed by atoms with E-state index in [9.17, 15) is 4.79 Å². The van der Waals surface area contributed by atoms with Crippen molar-refractivity contribution in [1.82, 2.24) is 20.4 Å². The Hall–Kier alpha value is -1.66. The molecular formula is C16H22N4OS. The SMILES string of the molecule is O=C(NCCN1CCCCCC1)c1cc(-c2cccs2)[nH]n1. The largest absolute Gasteiger partial charge is 0.349 e. The fourth-order valence-corrected chi connectivity index (χ4v) is 3.47. The van der Waals surface area contributed by atoms with Gasteiger partial charge in [-0.1, -0.05) is 18.9 Å². The molecule has 1 aliphatic rings. The summed E-state index contributed by atoms with van der Waals surface area (Å²) in [7, 11) is 0. The van der Waals surface area contributed by atoms with Crippen molar-refractivity contribution < 1.29 is 4.79 Å². The van der Waals surface area contributed by atoms with Crippen LogP contribution in [0.2, 0.25) is 0 Å². The number of rotatable bonds is 5. The first-order valence-corrected chi connectivity index (χ1v) is 8.81. The molecule has 0 radical (unpaired) electrons. The molecule has 5 nitrogen and oxygen atoms in total. The average molecular weight is 318 g/mol. The first-order chi connectivity index (χ1) is 10.8. The van der Waals surface area contributed by atoms with Gasteiger partial charge >= 0.3 is 0 Å². The quantitative estimate of drug-likeness (QED) is 0.891. The van der Waals surface area contributed by atoms with Crippen LogP contribution in [0.5, 0.6) is 0 Å². The minimum absolute atomic E-state index is 0.103. The molecule has 2 aromatic heterocycles. The van der Waals surface area contributed by atoms with Crippen molar-refractivity contribution in [3.05, 3.63) is 29.3 Å². The van der Waals surface area contributed by atoms with Gasteiger partial charge in [-0.2, -0.15) is 5.10 Å². The van der Waals surface area contributed by atoms with Crippen LogP contribution < -0.4 is 5.32 Å². The average Bonchev–Trinajstić information content (AvgIpc) is 3.15. The van der Waals surface area contributed by atoms with Crippen molar-refractivity contribution in [2.45, 2.75) is 25.7 Å². The Balaban J connectivity index is 1.47. The molecule has 0 aromatic carbocycles. The highest BCUT2D eigenvalue weighted by atomic mass is 32.1. The summed E-state index contributed by atoms with van der Waals surface area (Å²) in [5.41, 5.74) is 1.35. The fraction of sp³-hybridized carbons (Fsp3) is 0.500. The predicted molar refractivity (Wildman–Crippen MR) is 89.1 cm³/mol. The van der Waals surface area contributed by atoms with Gasteiger partial charge in [0.25, 0.3) is 5.91 Å². The van der Waals surface area contributed by atoms with E-state index in [-0.39, 0.29) is 5.91 Å². The summed E-state index contributed by atoms with van der Waals surface area (Å²) < 4.78 is 0. The topological polar surface area (TPSA) is 61.0 Å². The van der Waals surface area contributed by atoms with Crippen LogP contribution in [-0.4, -0.2) is 47.2 Å². The van der Waals surface area contributed by atoms with Crippen LogP contribution in [0.15, 0.2) is 23.6 Å². The van der Waals surface area contributed by atoms with Crippen LogP contribution in [0.4, 0.5) is 0 Å². The standard InChI is InChI=1S/C16H22N4OS/c21-16(17-7-10-20-8-3-1-2-4-9-20)14-12-13(18-19-14)15-6-5-11-22-15/h5-6,11-12H,1-4,7-10H2,(H,17,21)(H,18,19). The van der Waals surface area contributed by atoms with Crippen LogP contribution in [0, 0.1) is 0 Å². The van der Waals surface area contributed by atoms with E-state index in [1.54, 1.807) is 11.3 Å². The van der Waals surface area contributed by atoms with Crippen LogP contribution in [-0.2, 0) is 0 Å². The number of aromatic nitrogens is 2. The lowest BCUT2D eigenvalue weighted by atomic mass is 10.2. The van der Waals surface area contributed by atoms with Crippen molar-refractivity contribution in [1.29, 1.82) is 0 Å². The number of hydrogen-bond acceptors (Lipinski definition) is 4. The second-order valence-electron chi connectivity index (χ2n) is 5.66. The summed E-state index contributed by atoms with van der Waals surface area (Å²) >= 11 is 1.63. The number of hydrogen-bond donors (Lipinski definition) is 2. The van der Waals surface area contributed by atoms with Gasteiger partial charge in [0.1, 0.15) is 0 Å². The van der Waals surface area contributed by atoms with Crippen molar-refractivity contribution >= 4 is 17.2 Å². The number of nitrogens with zero attached hydrogens (tertiary/aromatic N) is 2. The maximum atomic E-state index is 12.1. The Kier molecular flexibility index (Phi) is 5.24. The highest BCUT2D eigenvalue weighted by molar-refractivity contribution is 7.13. The van der Waals surface area contributed by atoms with Crippen molar-refractivity contribution in [3.63, 3.8) is 0 Å². The monoisotopic (exact) mass is 318 g/mol. The number of aromatic amines is 1. The Morgan fingerprint density at radius 1 is 1.32 bits per heavy atom. The van der Waals surface area contributed by atoms with E-state index in [1.165, 1.54) is 25.7 Å². The van der Waals surface area contributed by atoms with E-state index in [2.05, 4.69) is 20.4 Å². The van der Waals surface area contributed by atoms with Crippen molar-refractivity contribution in [3.8, 4) is 10.6 Å². The molecule has 118 valence electrons. The molecule has 0 atom stereocenters. The van der Waals surface area contributed by atoms with Gasteiger partial charge < -0.3 is 10.2 Å². The van der Waals surface area contributed by atoms with Crippen LogP contribution in [0.25, 0.3) is 10.6 Å². The molecule has 2 N–H and O–H groups in total. The molecular weight excluding hydrogens is 296 g/mol. The number of likely N-dealkylation sites (tertiary alicyclic amines) is 1. The van der Waals surface area contributed by atoms with Crippen LogP contribution in [0.3, 0.4) is 0 Å². The lowest BCUT2D eigenvalue weighted by molar-refractivity contribution is 0.0943. The lowest BCUT2D eigenvalue weighted by Gasteiger charge is -2.19. The highest BCUT2D eigenvalue weighted by Gasteiger charge is 2.13. The summed E-state index contributed by atoms with van der Waals surface area (Å²) in [4.78, 5) is 15.7. The van der Waals surface area contributed by atoms with Gasteiger partial charge in [-0.3, -0.25) is 9.89 Å². The van der Waals surface area contributed by atoms with Gasteiger partial charge in [-0.15, -0.1) is 11.3 Å². The van der Waals surface area contributed by atoms with E-state index in [0.29, 0.717) is 12.2 Å². The zero-order valence-electron chi connectivity index (χ0n) is 12.7. The molecule has 0 aliphatic carbocycles. The number of carbonyl (C=O) groups is 1. The van der Waals surface area contributed by atoms with Crippen LogP contribution in [0.1, 0.15) is 36.2 Å². The molecule has 1 fully saturated rings. The predicted octanol–water partition coefficient (Wildman–Crippen LogP) is 2.74. The third-order valence-electron chi connectivity index (χ3n) is 4.01. The molecule has 0 bridgehead atoms. The highest BCUT2D eigenvalue weighted by Crippen LogP contribution is 2.22. The molecule has 1 aliphatic heterocycles. The summed E-state index contributed by atoms with van der Waals surface area (Å²) in [6, 6.07) is 5.81. The molecule has 3 heterocycles. The summed E-state index contributed by atoms with van der Waals surface area (Å²) in [5, 5.41) is 12.0. The Labute approximate surface area is 134 Å². The Bertz CT molecular complexity index is 585. The third kappa shape index (κ3) is 3.96. The second kappa shape index (κ2) is 7.56. The van der Waals surface area contributed by atoms with Gasteiger partial charge in [0.2, 0.25) is 0 Å². The number of H-pyrrole nitrogens is 1. The minimum Gasteiger partial charge on any atom is -0.349 e. The number of thiophene rings is 1. The van der Waals surface area contributed by atoms with E-state index in [1.807, 2.05) is 23.6 Å². The van der Waals surface area contributed by atoms with Gasteiger partial charge in [0.15, 0.2) is 5.69 Å². The lowest BCUT2D eigenvalue weighted by Crippen LogP contribution is -2.35. The zero-order valence-corrected chi connectivity index (χ0v) is 13.5. The van der Waals surface area contributed by atoms with Crippen molar-refractivity contribution in [2.75, 3.05) is 26.2 Å². The molecule has 2 aromatic rings. The third-order valence-corrected chi connectivity index (χ3v) is 4.91. The van der Waals surface area contributed by atoms with E-state index in [0.717, 1.165) is 30.2 Å². The molecule has 6 heteroatoms. The molecule has 22 heavy (non-hydrogen) atoms. The zero-order chi connectivity index (χ0) is 15.2. The van der Waals surface area contributed by atoms with Gasteiger partial charge in [0.05, 0.1) is 10.6 Å². The van der Waals surface area contributed by atoms with Gasteiger partial charge in [0, 0.05) is 13.1 Å². The minimum atomic E-state index is -0.103. The molecule has 0 saturated carbocycles. The maximum Gasteiger partial charge on any atom is 0.271 e. The fourth-order valence-electron chi connectivity index (χ4n) is 2.77. The normalized spacial score (nSPS) is 16.4. The summed E-state index contributed by atoms with van der Waals surface area (Å²) in [5.74, 6) is -0.103. The number of carbonyl (C=O) groups excluding carboxylic acids is 1. The summed E-state index contributed by atoms with van der Waals surface area (Å²) in [6.07, 6.45) is 5.22. The molecule has 0 spiro atoms. The van der Waals surface area contributed by atoms with E-state index < -0.39 is 0 Å². The number of amides is 1. The smallest absolute Gasteiger partial charge is 0.271 e. The summed E-state index contributed by atoms with van der Waals surface area (Å²) in [6.45, 7) is 3.91. The maximum absolute atomic E-state index is 12.1. The van der Waals surface area contributed by atoms with Crippen molar-refractivity contribution in [2.24, 2.45) is 0 Å². The van der Waals surface area contributed by atoms with E-state index in [4.69, 9.17) is 0 Å². The van der Waals surface area contributed by atoms with Gasteiger partial charge in [-0.25, -0.2) is 0 Å². The molecule has 0 unspecified atom stereocenters. The Morgan fingerprint density at radius 2 is 2.14 bits per heavy atom. The molecule has 1 saturated heterocycles.